The summed E-state index contributed by atoms with van der Waals surface area (Å²) in [6.07, 6.45) is 3.34. The van der Waals surface area contributed by atoms with E-state index in [2.05, 4.69) is 0 Å². The highest BCUT2D eigenvalue weighted by Crippen LogP contribution is 2.38. The highest BCUT2D eigenvalue weighted by atomic mass is 19.2. The van der Waals surface area contributed by atoms with Crippen molar-refractivity contribution in [3.05, 3.63) is 74.6 Å². The van der Waals surface area contributed by atoms with Crippen molar-refractivity contribution in [1.82, 2.24) is 4.57 Å². The molecule has 0 saturated heterocycles. The molecular weight excluding hydrogens is 330 g/mol. The Morgan fingerprint density at radius 2 is 1.84 bits per heavy atom. The molecular formula is C18H12F2N2O3. The molecule has 0 unspecified atom stereocenters. The van der Waals surface area contributed by atoms with Gasteiger partial charge in [-0.25, -0.2) is 8.78 Å². The van der Waals surface area contributed by atoms with E-state index in [9.17, 15) is 23.7 Å². The van der Waals surface area contributed by atoms with Crippen molar-refractivity contribution in [2.45, 2.75) is 18.9 Å². The van der Waals surface area contributed by atoms with Gasteiger partial charge in [-0.1, -0.05) is 12.1 Å². The van der Waals surface area contributed by atoms with Crippen LogP contribution in [-0.2, 0) is 0 Å². The molecule has 3 aromatic rings. The number of fused-ring (bicyclic) bond motifs is 1. The van der Waals surface area contributed by atoms with Crippen LogP contribution >= 0.6 is 0 Å². The third-order valence-corrected chi connectivity index (χ3v) is 4.38. The van der Waals surface area contributed by atoms with Crippen molar-refractivity contribution in [2.24, 2.45) is 0 Å². The third-order valence-electron chi connectivity index (χ3n) is 4.38. The van der Waals surface area contributed by atoms with E-state index in [-0.39, 0.29) is 22.7 Å². The average Bonchev–Trinajstić information content (AvgIpc) is 3.42. The van der Waals surface area contributed by atoms with Gasteiger partial charge in [0.15, 0.2) is 17.1 Å². The number of rotatable bonds is 3. The highest BCUT2D eigenvalue weighted by Gasteiger charge is 2.26. The number of benzene rings is 2. The van der Waals surface area contributed by atoms with Gasteiger partial charge in [0.2, 0.25) is 0 Å². The van der Waals surface area contributed by atoms with Crippen LogP contribution in [0, 0.1) is 21.7 Å². The molecule has 5 nitrogen and oxygen atoms in total. The molecule has 126 valence electrons. The van der Waals surface area contributed by atoms with Gasteiger partial charge in [0.25, 0.3) is 5.69 Å². The zero-order valence-corrected chi connectivity index (χ0v) is 12.9. The molecule has 0 bridgehead atoms. The minimum atomic E-state index is -1.09. The van der Waals surface area contributed by atoms with Crippen LogP contribution in [0.3, 0.4) is 0 Å². The fourth-order valence-corrected chi connectivity index (χ4v) is 2.99. The lowest BCUT2D eigenvalue weighted by molar-refractivity contribution is -0.384. The number of non-ortho nitro benzene ring substituents is 1. The lowest BCUT2D eigenvalue weighted by Gasteiger charge is -2.13. The number of nitro benzene ring substituents is 1. The summed E-state index contributed by atoms with van der Waals surface area (Å²) in [5.74, 6) is -2.10. The van der Waals surface area contributed by atoms with Gasteiger partial charge in [-0.2, -0.15) is 0 Å². The third kappa shape index (κ3) is 2.57. The summed E-state index contributed by atoms with van der Waals surface area (Å²) in [6.45, 7) is 0. The average molecular weight is 342 g/mol. The Kier molecular flexibility index (Phi) is 3.38. The Hall–Kier alpha value is -3.09. The summed E-state index contributed by atoms with van der Waals surface area (Å²) >= 11 is 0. The second kappa shape index (κ2) is 5.47. The zero-order chi connectivity index (χ0) is 17.7. The van der Waals surface area contributed by atoms with Gasteiger partial charge >= 0.3 is 0 Å². The summed E-state index contributed by atoms with van der Waals surface area (Å²) in [6, 6.07) is 7.76. The molecule has 1 heterocycles. The number of hydrogen-bond donors (Lipinski definition) is 0. The maximum atomic E-state index is 13.7. The number of nitro groups is 1. The van der Waals surface area contributed by atoms with E-state index in [0.717, 1.165) is 25.0 Å². The summed E-state index contributed by atoms with van der Waals surface area (Å²) in [4.78, 5) is 23.2. The molecule has 25 heavy (non-hydrogen) atoms. The highest BCUT2D eigenvalue weighted by molar-refractivity contribution is 5.84. The molecule has 1 aliphatic rings. The van der Waals surface area contributed by atoms with Crippen LogP contribution in [0.1, 0.15) is 18.9 Å². The Bertz CT molecular complexity index is 1090. The zero-order valence-electron chi connectivity index (χ0n) is 12.9. The van der Waals surface area contributed by atoms with E-state index in [1.54, 1.807) is 16.8 Å². The summed E-state index contributed by atoms with van der Waals surface area (Å²) in [5.41, 5.74) is 0.321. The molecule has 0 N–H and O–H groups in total. The first-order chi connectivity index (χ1) is 12.0. The quantitative estimate of drug-likeness (QED) is 0.529. The lowest BCUT2D eigenvalue weighted by Crippen LogP contribution is -2.12. The number of nitrogens with zero attached hydrogens (tertiary/aromatic N) is 2. The number of pyridine rings is 1. The fraction of sp³-hybridized carbons (Fsp3) is 0.167. The number of hydrogen-bond acceptors (Lipinski definition) is 3. The first-order valence-electron chi connectivity index (χ1n) is 7.74. The minimum absolute atomic E-state index is 0.0646. The van der Waals surface area contributed by atoms with Crippen molar-refractivity contribution in [3.63, 3.8) is 0 Å². The lowest BCUT2D eigenvalue weighted by atomic mass is 10.0. The molecule has 0 aliphatic heterocycles. The fourth-order valence-electron chi connectivity index (χ4n) is 2.99. The molecule has 1 saturated carbocycles. The molecule has 0 atom stereocenters. The maximum absolute atomic E-state index is 13.7. The number of halogens is 2. The molecule has 1 aromatic heterocycles. The van der Waals surface area contributed by atoms with Crippen LogP contribution < -0.4 is 5.43 Å². The first kappa shape index (κ1) is 15.4. The molecule has 0 spiro atoms. The summed E-state index contributed by atoms with van der Waals surface area (Å²) in [7, 11) is 0. The van der Waals surface area contributed by atoms with Crippen LogP contribution in [0.4, 0.5) is 14.5 Å². The molecule has 1 fully saturated rings. The summed E-state index contributed by atoms with van der Waals surface area (Å²) < 4.78 is 29.1. The Morgan fingerprint density at radius 3 is 2.52 bits per heavy atom. The van der Waals surface area contributed by atoms with Gasteiger partial charge in [-0.05, 0) is 24.5 Å². The first-order valence-corrected chi connectivity index (χ1v) is 7.74. The predicted molar refractivity (Wildman–Crippen MR) is 88.5 cm³/mol. The monoisotopic (exact) mass is 342 g/mol. The van der Waals surface area contributed by atoms with Crippen LogP contribution in [0.2, 0.25) is 0 Å². The van der Waals surface area contributed by atoms with Gasteiger partial charge in [-0.3, -0.25) is 14.9 Å². The van der Waals surface area contributed by atoms with E-state index < -0.39 is 22.0 Å². The van der Waals surface area contributed by atoms with E-state index in [1.807, 2.05) is 0 Å². The van der Waals surface area contributed by atoms with Gasteiger partial charge in [-0.15, -0.1) is 0 Å². The van der Waals surface area contributed by atoms with Crippen LogP contribution in [0.15, 0.2) is 47.4 Å². The molecule has 1 aliphatic carbocycles. The van der Waals surface area contributed by atoms with Gasteiger partial charge in [0, 0.05) is 41.4 Å². The Labute approximate surface area is 140 Å². The van der Waals surface area contributed by atoms with Gasteiger partial charge in [0.1, 0.15) is 0 Å². The van der Waals surface area contributed by atoms with Crippen LogP contribution in [-0.4, -0.2) is 9.49 Å². The van der Waals surface area contributed by atoms with Gasteiger partial charge in [0.05, 0.1) is 10.4 Å². The smallest absolute Gasteiger partial charge is 0.270 e. The Balaban J connectivity index is 2.03. The minimum Gasteiger partial charge on any atom is -0.343 e. The summed E-state index contributed by atoms with van der Waals surface area (Å²) in [5, 5.41) is 11.0. The SMILES string of the molecule is O=c1c(-c2cccc([N+](=O)[O-])c2)cn(C2CC2)c2cc(F)c(F)cc12. The van der Waals surface area contributed by atoms with Gasteiger partial charge < -0.3 is 4.57 Å². The van der Waals surface area contributed by atoms with Crippen LogP contribution in [0.25, 0.3) is 22.0 Å². The Morgan fingerprint density at radius 1 is 1.12 bits per heavy atom. The normalized spacial score (nSPS) is 14.0. The van der Waals surface area contributed by atoms with Crippen molar-refractivity contribution in [2.75, 3.05) is 0 Å². The molecule has 0 amide bonds. The largest absolute Gasteiger partial charge is 0.343 e. The second-order valence-corrected chi connectivity index (χ2v) is 6.10. The molecule has 7 heteroatoms. The molecule has 4 rings (SSSR count). The molecule has 0 radical (unpaired) electrons. The van der Waals surface area contributed by atoms with E-state index >= 15 is 0 Å². The maximum Gasteiger partial charge on any atom is 0.270 e. The van der Waals surface area contributed by atoms with Crippen molar-refractivity contribution >= 4 is 16.6 Å². The van der Waals surface area contributed by atoms with Crippen molar-refractivity contribution in [1.29, 1.82) is 0 Å². The molecule has 2 aromatic carbocycles. The van der Waals surface area contributed by atoms with Crippen LogP contribution in [0.5, 0.6) is 0 Å². The van der Waals surface area contributed by atoms with Crippen molar-refractivity contribution in [3.8, 4) is 11.1 Å². The topological polar surface area (TPSA) is 65.1 Å². The second-order valence-electron chi connectivity index (χ2n) is 6.10. The van der Waals surface area contributed by atoms with E-state index in [1.165, 1.54) is 18.2 Å². The van der Waals surface area contributed by atoms with E-state index in [0.29, 0.717) is 11.1 Å². The predicted octanol–water partition coefficient (Wildman–Crippen LogP) is 4.19. The van der Waals surface area contributed by atoms with Crippen molar-refractivity contribution < 1.29 is 13.7 Å². The van der Waals surface area contributed by atoms with E-state index in [4.69, 9.17) is 0 Å². The number of aromatic nitrogens is 1. The standard InChI is InChI=1S/C18H12F2N2O3/c19-15-7-13-17(8-16(15)20)21(11-4-5-11)9-14(18(13)23)10-2-1-3-12(6-10)22(24)25/h1-3,6-9,11H,4-5H2.